The maximum absolute atomic E-state index is 6.19. The fourth-order valence-corrected chi connectivity index (χ4v) is 3.77. The SMILES string of the molecule is CC1c2ccc(OCc3ccccc3Cl)cc2CCC1N(C)C.Cl. The lowest BCUT2D eigenvalue weighted by molar-refractivity contribution is 0.236. The van der Waals surface area contributed by atoms with E-state index in [1.165, 1.54) is 17.5 Å². The minimum Gasteiger partial charge on any atom is -0.489 e. The Labute approximate surface area is 156 Å². The fraction of sp³-hybridized carbons (Fsp3) is 0.400. The first kappa shape index (κ1) is 19.1. The lowest BCUT2D eigenvalue weighted by Crippen LogP contribution is -2.36. The van der Waals surface area contributed by atoms with Crippen LogP contribution in [-0.4, -0.2) is 25.0 Å². The Balaban J connectivity index is 0.00000208. The van der Waals surface area contributed by atoms with Crippen LogP contribution >= 0.6 is 24.0 Å². The van der Waals surface area contributed by atoms with Gasteiger partial charge < -0.3 is 9.64 Å². The van der Waals surface area contributed by atoms with Crippen molar-refractivity contribution in [3.05, 3.63) is 64.2 Å². The first-order chi connectivity index (χ1) is 11.1. The van der Waals surface area contributed by atoms with E-state index in [0.29, 0.717) is 18.6 Å². The van der Waals surface area contributed by atoms with E-state index in [-0.39, 0.29) is 12.4 Å². The van der Waals surface area contributed by atoms with Gasteiger partial charge >= 0.3 is 0 Å². The Kier molecular flexibility index (Phi) is 6.56. The molecule has 0 heterocycles. The Bertz CT molecular complexity index is 687. The molecule has 0 aromatic heterocycles. The normalized spacial score (nSPS) is 19.5. The van der Waals surface area contributed by atoms with Gasteiger partial charge in [0.05, 0.1) is 0 Å². The number of fused-ring (bicyclic) bond motifs is 1. The highest BCUT2D eigenvalue weighted by atomic mass is 35.5. The molecule has 2 unspecified atom stereocenters. The summed E-state index contributed by atoms with van der Waals surface area (Å²) in [4.78, 5) is 2.34. The summed E-state index contributed by atoms with van der Waals surface area (Å²) in [7, 11) is 4.35. The van der Waals surface area contributed by atoms with Gasteiger partial charge in [0.15, 0.2) is 0 Å². The summed E-state index contributed by atoms with van der Waals surface area (Å²) in [6, 6.07) is 15.0. The highest BCUT2D eigenvalue weighted by Gasteiger charge is 2.27. The van der Waals surface area contributed by atoms with Crippen molar-refractivity contribution in [3.8, 4) is 5.75 Å². The van der Waals surface area contributed by atoms with E-state index in [1.54, 1.807) is 0 Å². The van der Waals surface area contributed by atoms with Crippen molar-refractivity contribution in [2.75, 3.05) is 14.1 Å². The minimum absolute atomic E-state index is 0. The Hall–Kier alpha value is -1.22. The lowest BCUT2D eigenvalue weighted by Gasteiger charge is -2.35. The second kappa shape index (κ2) is 8.24. The summed E-state index contributed by atoms with van der Waals surface area (Å²) >= 11 is 6.19. The van der Waals surface area contributed by atoms with Crippen molar-refractivity contribution in [3.63, 3.8) is 0 Å². The van der Waals surface area contributed by atoms with Gasteiger partial charge in [-0.2, -0.15) is 0 Å². The smallest absolute Gasteiger partial charge is 0.120 e. The predicted octanol–water partition coefficient (Wildman–Crippen LogP) is 5.32. The van der Waals surface area contributed by atoms with E-state index in [9.17, 15) is 0 Å². The first-order valence-corrected chi connectivity index (χ1v) is 8.59. The van der Waals surface area contributed by atoms with Gasteiger partial charge in [-0.25, -0.2) is 0 Å². The van der Waals surface area contributed by atoms with E-state index in [0.717, 1.165) is 22.8 Å². The van der Waals surface area contributed by atoms with E-state index in [2.05, 4.69) is 44.1 Å². The van der Waals surface area contributed by atoms with Crippen molar-refractivity contribution in [2.45, 2.75) is 38.3 Å². The van der Waals surface area contributed by atoms with Crippen LogP contribution in [0.4, 0.5) is 0 Å². The molecular weight excluding hydrogens is 341 g/mol. The van der Waals surface area contributed by atoms with Crippen molar-refractivity contribution in [1.82, 2.24) is 4.90 Å². The molecule has 0 spiro atoms. The molecule has 0 N–H and O–H groups in total. The van der Waals surface area contributed by atoms with Crippen LogP contribution < -0.4 is 4.74 Å². The molecule has 0 amide bonds. The summed E-state index contributed by atoms with van der Waals surface area (Å²) in [5.41, 5.74) is 3.90. The van der Waals surface area contributed by atoms with E-state index in [1.807, 2.05) is 24.3 Å². The number of ether oxygens (including phenoxy) is 1. The molecule has 0 bridgehead atoms. The molecule has 0 aliphatic heterocycles. The molecule has 0 radical (unpaired) electrons. The lowest BCUT2D eigenvalue weighted by atomic mass is 9.80. The minimum atomic E-state index is 0. The average Bonchev–Trinajstić information content (AvgIpc) is 2.54. The zero-order valence-electron chi connectivity index (χ0n) is 14.5. The highest BCUT2D eigenvalue weighted by Crippen LogP contribution is 2.35. The van der Waals surface area contributed by atoms with Gasteiger partial charge in [0, 0.05) is 16.6 Å². The molecule has 1 aliphatic carbocycles. The van der Waals surface area contributed by atoms with E-state index in [4.69, 9.17) is 16.3 Å². The number of hydrogen-bond donors (Lipinski definition) is 0. The molecule has 4 heteroatoms. The standard InChI is InChI=1S/C20H24ClNO.ClH/c1-14-18-10-9-17(12-15(18)8-11-20(14)22(2)3)23-13-16-6-4-5-7-19(16)21;/h4-7,9-10,12,14,20H,8,11,13H2,1-3H3;1H. The zero-order chi connectivity index (χ0) is 16.4. The van der Waals surface area contributed by atoms with Crippen LogP contribution in [0, 0.1) is 0 Å². The first-order valence-electron chi connectivity index (χ1n) is 8.21. The number of halogens is 2. The maximum atomic E-state index is 6.19. The highest BCUT2D eigenvalue weighted by molar-refractivity contribution is 6.31. The quantitative estimate of drug-likeness (QED) is 0.726. The zero-order valence-corrected chi connectivity index (χ0v) is 16.0. The monoisotopic (exact) mass is 365 g/mol. The van der Waals surface area contributed by atoms with Gasteiger partial charge in [-0.1, -0.05) is 42.8 Å². The van der Waals surface area contributed by atoms with Crippen LogP contribution in [-0.2, 0) is 13.0 Å². The number of benzene rings is 2. The van der Waals surface area contributed by atoms with Gasteiger partial charge in [0.1, 0.15) is 12.4 Å². The van der Waals surface area contributed by atoms with Crippen molar-refractivity contribution >= 4 is 24.0 Å². The van der Waals surface area contributed by atoms with Crippen LogP contribution in [0.3, 0.4) is 0 Å². The summed E-state index contributed by atoms with van der Waals surface area (Å²) in [5, 5.41) is 0.757. The Morgan fingerprint density at radius 1 is 1.17 bits per heavy atom. The van der Waals surface area contributed by atoms with Crippen LogP contribution in [0.1, 0.15) is 36.0 Å². The second-order valence-corrected chi connectivity index (χ2v) is 7.01. The second-order valence-electron chi connectivity index (χ2n) is 6.60. The molecule has 1 aliphatic rings. The van der Waals surface area contributed by atoms with Gasteiger partial charge in [-0.15, -0.1) is 12.4 Å². The molecule has 3 rings (SSSR count). The molecule has 0 fully saturated rings. The molecule has 24 heavy (non-hydrogen) atoms. The van der Waals surface area contributed by atoms with Crippen LogP contribution in [0.5, 0.6) is 5.75 Å². The maximum Gasteiger partial charge on any atom is 0.120 e. The van der Waals surface area contributed by atoms with Gasteiger partial charge in [-0.3, -0.25) is 0 Å². The summed E-state index contributed by atoms with van der Waals surface area (Å²) in [6.45, 7) is 2.83. The molecule has 2 atom stereocenters. The molecule has 0 saturated heterocycles. The molecule has 2 aromatic rings. The third kappa shape index (κ3) is 4.05. The van der Waals surface area contributed by atoms with Gasteiger partial charge in [0.25, 0.3) is 0 Å². The largest absolute Gasteiger partial charge is 0.489 e. The molecule has 130 valence electrons. The van der Waals surface area contributed by atoms with Crippen LogP contribution in [0.25, 0.3) is 0 Å². The number of hydrogen-bond acceptors (Lipinski definition) is 2. The molecule has 2 nitrogen and oxygen atoms in total. The van der Waals surface area contributed by atoms with Crippen LogP contribution in [0.15, 0.2) is 42.5 Å². The van der Waals surface area contributed by atoms with E-state index < -0.39 is 0 Å². The third-order valence-corrected chi connectivity index (χ3v) is 5.28. The number of rotatable bonds is 4. The van der Waals surface area contributed by atoms with E-state index >= 15 is 0 Å². The Morgan fingerprint density at radius 2 is 1.92 bits per heavy atom. The van der Waals surface area contributed by atoms with Crippen molar-refractivity contribution < 1.29 is 4.74 Å². The Morgan fingerprint density at radius 3 is 2.62 bits per heavy atom. The van der Waals surface area contributed by atoms with Gasteiger partial charge in [0.2, 0.25) is 0 Å². The predicted molar refractivity (Wildman–Crippen MR) is 104 cm³/mol. The third-order valence-electron chi connectivity index (χ3n) is 4.91. The topological polar surface area (TPSA) is 12.5 Å². The number of likely N-dealkylation sites (N-methyl/N-ethyl adjacent to an activating group) is 1. The summed E-state index contributed by atoms with van der Waals surface area (Å²) < 4.78 is 5.95. The molecule has 0 saturated carbocycles. The van der Waals surface area contributed by atoms with Gasteiger partial charge in [-0.05, 0) is 62.2 Å². The fourth-order valence-electron chi connectivity index (χ4n) is 3.58. The number of aryl methyl sites for hydroxylation is 1. The summed E-state index contributed by atoms with van der Waals surface area (Å²) in [6.07, 6.45) is 2.32. The van der Waals surface area contributed by atoms with Crippen LogP contribution in [0.2, 0.25) is 5.02 Å². The molecule has 2 aromatic carbocycles. The van der Waals surface area contributed by atoms with Crippen molar-refractivity contribution in [1.29, 1.82) is 0 Å². The average molecular weight is 366 g/mol. The van der Waals surface area contributed by atoms with Crippen molar-refractivity contribution in [2.24, 2.45) is 0 Å². The number of nitrogens with zero attached hydrogens (tertiary/aromatic N) is 1. The summed E-state index contributed by atoms with van der Waals surface area (Å²) in [5.74, 6) is 1.49. The molecular formula is C20H25Cl2NO.